The summed E-state index contributed by atoms with van der Waals surface area (Å²) in [6, 6.07) is 3.82. The van der Waals surface area contributed by atoms with Crippen LogP contribution in [0.5, 0.6) is 5.88 Å². The van der Waals surface area contributed by atoms with E-state index >= 15 is 0 Å². The van der Waals surface area contributed by atoms with E-state index in [-0.39, 0.29) is 36.1 Å². The molecule has 0 spiro atoms. The molecule has 3 N–H and O–H groups in total. The Bertz CT molecular complexity index is 778. The zero-order chi connectivity index (χ0) is 16.4. The van der Waals surface area contributed by atoms with Gasteiger partial charge < -0.3 is 15.4 Å². The largest absolute Gasteiger partial charge is 0.492 e. The zero-order valence-corrected chi connectivity index (χ0v) is 16.0. The second-order valence-corrected chi connectivity index (χ2v) is 6.79. The number of pyridine rings is 1. The van der Waals surface area contributed by atoms with E-state index in [1.807, 2.05) is 18.2 Å². The van der Waals surface area contributed by atoms with Gasteiger partial charge in [0.15, 0.2) is 5.82 Å². The summed E-state index contributed by atoms with van der Waals surface area (Å²) in [6.07, 6.45) is 6.29. The molecule has 0 amide bonds. The number of hydrogen-bond acceptors (Lipinski definition) is 5. The van der Waals surface area contributed by atoms with E-state index in [4.69, 9.17) is 0 Å². The van der Waals surface area contributed by atoms with Crippen LogP contribution in [0, 0.1) is 5.41 Å². The van der Waals surface area contributed by atoms with E-state index in [1.165, 1.54) is 0 Å². The number of halogens is 2. The highest BCUT2D eigenvalue weighted by Crippen LogP contribution is 2.31. The second-order valence-electron chi connectivity index (χ2n) is 6.79. The number of aromatic amines is 1. The van der Waals surface area contributed by atoms with E-state index < -0.39 is 0 Å². The van der Waals surface area contributed by atoms with Gasteiger partial charge in [-0.25, -0.2) is 9.98 Å². The Labute approximate surface area is 159 Å². The molecule has 0 radical (unpaired) electrons. The molecule has 136 valence electrons. The Morgan fingerprint density at radius 3 is 2.76 bits per heavy atom. The lowest BCUT2D eigenvalue weighted by Crippen LogP contribution is -2.13. The highest BCUT2D eigenvalue weighted by atomic mass is 35.5. The fourth-order valence-electron chi connectivity index (χ4n) is 2.31. The number of rotatable bonds is 4. The van der Waals surface area contributed by atoms with Crippen LogP contribution in [0.2, 0.25) is 0 Å². The van der Waals surface area contributed by atoms with Crippen LogP contribution in [0.4, 0.5) is 11.8 Å². The van der Waals surface area contributed by atoms with E-state index in [2.05, 4.69) is 46.0 Å². The van der Waals surface area contributed by atoms with Crippen molar-refractivity contribution in [2.24, 2.45) is 10.4 Å². The molecule has 6 nitrogen and oxygen atoms in total. The fraction of sp³-hybridized carbons (Fsp3) is 0.353. The van der Waals surface area contributed by atoms with Crippen LogP contribution in [0.1, 0.15) is 38.4 Å². The first-order valence-electron chi connectivity index (χ1n) is 7.66. The minimum atomic E-state index is -0.0264. The third kappa shape index (κ3) is 5.21. The summed E-state index contributed by atoms with van der Waals surface area (Å²) in [5, 5.41) is 13.2. The number of fused-ring (bicyclic) bond motifs is 1. The summed E-state index contributed by atoms with van der Waals surface area (Å²) in [6.45, 7) is 7.36. The minimum absolute atomic E-state index is 0. The van der Waals surface area contributed by atoms with Gasteiger partial charge in [-0.3, -0.25) is 0 Å². The van der Waals surface area contributed by atoms with Gasteiger partial charge in [-0.2, -0.15) is 4.98 Å². The van der Waals surface area contributed by atoms with E-state index in [9.17, 15) is 5.11 Å². The predicted molar refractivity (Wildman–Crippen MR) is 108 cm³/mol. The van der Waals surface area contributed by atoms with E-state index in [0.29, 0.717) is 17.5 Å². The molecule has 2 aromatic rings. The lowest BCUT2D eigenvalue weighted by molar-refractivity contribution is 0.389. The summed E-state index contributed by atoms with van der Waals surface area (Å²) in [5.41, 5.74) is 2.65. The Hall–Kier alpha value is -2.05. The molecule has 1 aliphatic heterocycles. The monoisotopic (exact) mass is 383 g/mol. The van der Waals surface area contributed by atoms with Gasteiger partial charge >= 0.3 is 0 Å². The van der Waals surface area contributed by atoms with Crippen LogP contribution in [0.3, 0.4) is 0 Å². The van der Waals surface area contributed by atoms with E-state index in [1.54, 1.807) is 12.4 Å². The van der Waals surface area contributed by atoms with E-state index in [0.717, 1.165) is 24.1 Å². The average molecular weight is 384 g/mol. The topological polar surface area (TPSA) is 86.2 Å². The number of aromatic hydroxyl groups is 1. The lowest BCUT2D eigenvalue weighted by Gasteiger charge is -2.17. The van der Waals surface area contributed by atoms with Crippen molar-refractivity contribution < 1.29 is 5.11 Å². The number of imidazole rings is 1. The predicted octanol–water partition coefficient (Wildman–Crippen LogP) is 4.46. The van der Waals surface area contributed by atoms with Crippen molar-refractivity contribution in [1.82, 2.24) is 15.0 Å². The van der Waals surface area contributed by atoms with Crippen molar-refractivity contribution in [2.75, 3.05) is 11.9 Å². The molecule has 0 atom stereocenters. The molecule has 25 heavy (non-hydrogen) atoms. The molecular formula is C17H23Cl2N5O. The molecule has 0 unspecified atom stereocenters. The molecule has 3 rings (SSSR count). The fourth-order valence-corrected chi connectivity index (χ4v) is 2.31. The number of nitrogens with one attached hydrogen (secondary N) is 2. The van der Waals surface area contributed by atoms with Gasteiger partial charge in [0.05, 0.1) is 0 Å². The third-order valence-corrected chi connectivity index (χ3v) is 3.60. The second kappa shape index (κ2) is 8.36. The molecule has 3 heterocycles. The quantitative estimate of drug-likeness (QED) is 0.727. The number of aromatic nitrogens is 3. The van der Waals surface area contributed by atoms with Gasteiger partial charge in [0.25, 0.3) is 0 Å². The summed E-state index contributed by atoms with van der Waals surface area (Å²) in [4.78, 5) is 15.7. The number of H-pyrrole nitrogens is 1. The maximum atomic E-state index is 10.0. The van der Waals surface area contributed by atoms with Gasteiger partial charge in [-0.15, -0.1) is 24.8 Å². The van der Waals surface area contributed by atoms with Gasteiger partial charge in [0, 0.05) is 30.1 Å². The Kier molecular flexibility index (Phi) is 7.02. The third-order valence-electron chi connectivity index (χ3n) is 3.60. The summed E-state index contributed by atoms with van der Waals surface area (Å²) >= 11 is 0. The Balaban J connectivity index is 0.00000156. The molecule has 1 aliphatic rings. The summed E-state index contributed by atoms with van der Waals surface area (Å²) in [5.74, 6) is 1.24. The summed E-state index contributed by atoms with van der Waals surface area (Å²) < 4.78 is 0. The molecule has 0 fully saturated rings. The van der Waals surface area contributed by atoms with Crippen LogP contribution >= 0.6 is 24.8 Å². The molecular weight excluding hydrogens is 361 g/mol. The normalized spacial score (nSPS) is 14.0. The molecule has 8 heteroatoms. The standard InChI is InChI=1S/C17H21N5O.2ClH/c1-17(2,3)6-8-19-16-21-13(15(23)22-16)9-11-10-20-14-12(11)5-4-7-18-14;;/h4-5,7,9-10,23H,6,8H2,1-3H3,(H2,19,21,22);2*1H/b11-9+;;. The van der Waals surface area contributed by atoms with Gasteiger partial charge in [0.1, 0.15) is 5.69 Å². The van der Waals surface area contributed by atoms with Crippen LogP contribution in [0.15, 0.2) is 23.3 Å². The van der Waals surface area contributed by atoms with Crippen molar-refractivity contribution in [3.8, 4) is 5.88 Å². The van der Waals surface area contributed by atoms with Crippen molar-refractivity contribution in [2.45, 2.75) is 27.2 Å². The number of aliphatic imine (C=N–C) groups is 1. The molecule has 0 bridgehead atoms. The van der Waals surface area contributed by atoms with Crippen LogP contribution in [-0.4, -0.2) is 32.8 Å². The van der Waals surface area contributed by atoms with Crippen molar-refractivity contribution >= 4 is 54.4 Å². The van der Waals surface area contributed by atoms with Crippen molar-refractivity contribution in [1.29, 1.82) is 0 Å². The zero-order valence-electron chi connectivity index (χ0n) is 14.4. The highest BCUT2D eigenvalue weighted by molar-refractivity contribution is 6.20. The molecule has 0 saturated heterocycles. The maximum absolute atomic E-state index is 10.0. The molecule has 0 aliphatic carbocycles. The number of anilines is 1. The maximum Gasteiger partial charge on any atom is 0.238 e. The first kappa shape index (κ1) is 21.0. The van der Waals surface area contributed by atoms with Crippen LogP contribution in [-0.2, 0) is 0 Å². The van der Waals surface area contributed by atoms with Crippen LogP contribution < -0.4 is 5.32 Å². The first-order chi connectivity index (χ1) is 10.9. The van der Waals surface area contributed by atoms with Crippen molar-refractivity contribution in [3.05, 3.63) is 29.6 Å². The summed E-state index contributed by atoms with van der Waals surface area (Å²) in [7, 11) is 0. The molecule has 0 saturated carbocycles. The Morgan fingerprint density at radius 2 is 2.04 bits per heavy atom. The van der Waals surface area contributed by atoms with Crippen molar-refractivity contribution in [3.63, 3.8) is 0 Å². The van der Waals surface area contributed by atoms with Gasteiger partial charge in [-0.1, -0.05) is 20.8 Å². The first-order valence-corrected chi connectivity index (χ1v) is 7.66. The van der Waals surface area contributed by atoms with Crippen LogP contribution in [0.25, 0.3) is 11.6 Å². The number of allylic oxidation sites excluding steroid dienone is 1. The average Bonchev–Trinajstić information content (AvgIpc) is 3.03. The minimum Gasteiger partial charge on any atom is -0.492 e. The SMILES string of the molecule is CC(C)(C)CCNc1nc(O)c(/C=C2\C=Nc3ncccc32)[nH]1.Cl.Cl. The highest BCUT2D eigenvalue weighted by Gasteiger charge is 2.15. The smallest absolute Gasteiger partial charge is 0.238 e. The molecule has 2 aromatic heterocycles. The number of hydrogen-bond donors (Lipinski definition) is 3. The Morgan fingerprint density at radius 1 is 1.28 bits per heavy atom. The van der Waals surface area contributed by atoms with Gasteiger partial charge in [0.2, 0.25) is 11.8 Å². The number of nitrogens with zero attached hydrogens (tertiary/aromatic N) is 3. The molecule has 0 aromatic carbocycles. The lowest BCUT2D eigenvalue weighted by atomic mass is 9.92. The van der Waals surface area contributed by atoms with Gasteiger partial charge in [-0.05, 0) is 30.0 Å².